The third kappa shape index (κ3) is 7.86. The molecule has 4 atom stereocenters. The number of halogens is 1. The first-order valence-corrected chi connectivity index (χ1v) is 19.0. The minimum Gasteiger partial charge on any atom is -0.497 e. The second-order valence-corrected chi connectivity index (χ2v) is 14.5. The second kappa shape index (κ2) is 17.3. The first-order chi connectivity index (χ1) is 25.9. The molecule has 0 radical (unpaired) electrons. The molecule has 6 aromatic carbocycles. The Bertz CT molecular complexity index is 1820. The normalized spacial score (nSPS) is 14.9. The molecule has 54 heavy (non-hydrogen) atoms. The molecule has 278 valence electrons. The summed E-state index contributed by atoms with van der Waals surface area (Å²) in [6.45, 7) is 11.9. The highest BCUT2D eigenvalue weighted by molar-refractivity contribution is 5.85. The highest BCUT2D eigenvalue weighted by Gasteiger charge is 2.33. The van der Waals surface area contributed by atoms with Crippen molar-refractivity contribution in [3.05, 3.63) is 190 Å². The van der Waals surface area contributed by atoms with Crippen LogP contribution in [0.3, 0.4) is 0 Å². The Labute approximate surface area is 328 Å². The average molecular weight is 737 g/mol. The minimum atomic E-state index is 0. The summed E-state index contributed by atoms with van der Waals surface area (Å²) in [7, 11) is 3.57. The van der Waals surface area contributed by atoms with Crippen LogP contribution in [-0.4, -0.2) is 34.0 Å². The van der Waals surface area contributed by atoms with E-state index in [0.717, 1.165) is 31.3 Å². The monoisotopic (exact) mass is 736 g/mol. The number of nitrogens with zero attached hydrogens (tertiary/aromatic N) is 2. The zero-order valence-corrected chi connectivity index (χ0v) is 33.2. The van der Waals surface area contributed by atoms with Crippen LogP contribution in [0.5, 0.6) is 11.5 Å². The van der Waals surface area contributed by atoms with Crippen LogP contribution >= 0.6 is 12.4 Å². The lowest BCUT2D eigenvalue weighted by atomic mass is 9.84. The lowest BCUT2D eigenvalue weighted by molar-refractivity contribution is 0.413. The number of rotatable bonds is 12. The molecule has 6 aromatic rings. The van der Waals surface area contributed by atoms with Crippen LogP contribution in [0.1, 0.15) is 95.9 Å². The molecule has 1 aliphatic rings. The molecule has 5 heteroatoms. The minimum absolute atomic E-state index is 0. The third-order valence-corrected chi connectivity index (χ3v) is 11.4. The fraction of sp³-hybridized carbons (Fsp3) is 0.265. The van der Waals surface area contributed by atoms with Crippen molar-refractivity contribution in [3.63, 3.8) is 0 Å². The van der Waals surface area contributed by atoms with Gasteiger partial charge in [0.05, 0.1) is 20.9 Å². The average Bonchev–Trinajstić information content (AvgIpc) is 3.72. The van der Waals surface area contributed by atoms with Crippen molar-refractivity contribution in [2.24, 2.45) is 0 Å². The molecule has 4 nitrogen and oxygen atoms in total. The summed E-state index contributed by atoms with van der Waals surface area (Å²) in [5, 5.41) is 0. The van der Waals surface area contributed by atoms with Gasteiger partial charge in [0.1, 0.15) is 11.5 Å². The van der Waals surface area contributed by atoms with E-state index >= 15 is 0 Å². The van der Waals surface area contributed by atoms with Crippen molar-refractivity contribution in [1.29, 1.82) is 0 Å². The maximum Gasteiger partial charge on any atom is 0.119 e. The Kier molecular flexibility index (Phi) is 12.3. The van der Waals surface area contributed by atoms with Crippen LogP contribution in [0, 0.1) is 0 Å². The van der Waals surface area contributed by atoms with Gasteiger partial charge < -0.3 is 19.3 Å². The molecule has 1 saturated heterocycles. The lowest BCUT2D eigenvalue weighted by Gasteiger charge is -2.33. The number of ether oxygens (including phenoxy) is 2. The van der Waals surface area contributed by atoms with Crippen LogP contribution in [0.2, 0.25) is 0 Å². The van der Waals surface area contributed by atoms with Crippen molar-refractivity contribution < 1.29 is 9.47 Å². The Hall–Kier alpha value is -5.19. The number of benzene rings is 6. The Morgan fingerprint density at radius 2 is 0.648 bits per heavy atom. The van der Waals surface area contributed by atoms with E-state index in [4.69, 9.17) is 9.47 Å². The molecule has 0 bridgehead atoms. The summed E-state index contributed by atoms with van der Waals surface area (Å²) < 4.78 is 12.0. The largest absolute Gasteiger partial charge is 0.497 e. The number of methoxy groups -OCH3 is 2. The number of hydrogen-bond donors (Lipinski definition) is 0. The first-order valence-electron chi connectivity index (χ1n) is 19.0. The first kappa shape index (κ1) is 38.5. The molecule has 0 saturated carbocycles. The van der Waals surface area contributed by atoms with Crippen LogP contribution < -0.4 is 19.3 Å². The highest BCUT2D eigenvalue weighted by Crippen LogP contribution is 2.47. The van der Waals surface area contributed by atoms with Gasteiger partial charge in [0.2, 0.25) is 0 Å². The maximum atomic E-state index is 6.02. The van der Waals surface area contributed by atoms with Gasteiger partial charge in [-0.3, -0.25) is 0 Å². The molecule has 0 spiro atoms. The van der Waals surface area contributed by atoms with E-state index in [-0.39, 0.29) is 36.1 Å². The van der Waals surface area contributed by atoms with E-state index in [9.17, 15) is 0 Å². The lowest BCUT2D eigenvalue weighted by Crippen LogP contribution is -2.29. The van der Waals surface area contributed by atoms with E-state index in [1.807, 2.05) is 0 Å². The number of anilines is 2. The topological polar surface area (TPSA) is 24.9 Å². The summed E-state index contributed by atoms with van der Waals surface area (Å²) in [5.74, 6) is 2.46. The molecule has 0 aliphatic carbocycles. The van der Waals surface area contributed by atoms with Gasteiger partial charge in [-0.05, 0) is 68.8 Å². The molecular weight excluding hydrogens is 684 g/mol. The summed E-state index contributed by atoms with van der Waals surface area (Å²) in [6, 6.07) is 52.6. The molecule has 1 aliphatic heterocycles. The van der Waals surface area contributed by atoms with E-state index in [1.165, 1.54) is 55.9 Å². The van der Waals surface area contributed by atoms with E-state index in [1.54, 1.807) is 14.2 Å². The summed E-state index contributed by atoms with van der Waals surface area (Å²) in [6.07, 6.45) is 0. The van der Waals surface area contributed by atoms with Crippen LogP contribution in [0.15, 0.2) is 146 Å². The summed E-state index contributed by atoms with van der Waals surface area (Å²) >= 11 is 0. The molecule has 0 amide bonds. The smallest absolute Gasteiger partial charge is 0.119 e. The maximum absolute atomic E-state index is 6.02. The standard InChI is InChI=1S/C49H52N2O2.ClH/c1-34(38-19-11-7-12-20-38)44-29-42(52-5)30-45(35(2)39-21-13-8-14-22-39)48(44)50-27-28-51(33-50)49-46(36(3)40-23-15-9-16-24-40)31-43(53-6)32-47(49)37(4)41-25-17-10-18-26-41;/h7-26,29-32,34-37H,27-28,33H2,1-6H3;1H/t34-,35-,36-,37-;/m1./s1. The van der Waals surface area contributed by atoms with Crippen molar-refractivity contribution in [2.45, 2.75) is 51.4 Å². The Balaban J connectivity index is 0.00000497. The van der Waals surface area contributed by atoms with Crippen LogP contribution in [0.4, 0.5) is 11.4 Å². The van der Waals surface area contributed by atoms with Gasteiger partial charge in [-0.2, -0.15) is 0 Å². The van der Waals surface area contributed by atoms with Crippen LogP contribution in [-0.2, 0) is 0 Å². The molecule has 0 aromatic heterocycles. The summed E-state index contributed by atoms with van der Waals surface area (Å²) in [4.78, 5) is 5.25. The predicted octanol–water partition coefficient (Wildman–Crippen LogP) is 12.0. The van der Waals surface area contributed by atoms with Gasteiger partial charge in [0.25, 0.3) is 0 Å². The van der Waals surface area contributed by atoms with Crippen molar-refractivity contribution >= 4 is 23.8 Å². The molecule has 7 rings (SSSR count). The highest BCUT2D eigenvalue weighted by atomic mass is 35.5. The molecule has 1 heterocycles. The van der Waals surface area contributed by atoms with Gasteiger partial charge in [-0.1, -0.05) is 149 Å². The van der Waals surface area contributed by atoms with Gasteiger partial charge >= 0.3 is 0 Å². The van der Waals surface area contributed by atoms with Gasteiger partial charge in [-0.25, -0.2) is 0 Å². The van der Waals surface area contributed by atoms with Crippen LogP contribution in [0.25, 0.3) is 0 Å². The molecule has 0 unspecified atom stereocenters. The van der Waals surface area contributed by atoms with Crippen molar-refractivity contribution in [2.75, 3.05) is 43.8 Å². The molecule has 1 fully saturated rings. The zero-order valence-electron chi connectivity index (χ0n) is 32.4. The second-order valence-electron chi connectivity index (χ2n) is 14.5. The van der Waals surface area contributed by atoms with Gasteiger partial charge in [-0.15, -0.1) is 12.4 Å². The molecular formula is C49H53ClN2O2. The van der Waals surface area contributed by atoms with E-state index in [0.29, 0.717) is 0 Å². The summed E-state index contributed by atoms with van der Waals surface area (Å²) in [5.41, 5.74) is 13.0. The fourth-order valence-corrected chi connectivity index (χ4v) is 8.23. The predicted molar refractivity (Wildman–Crippen MR) is 229 cm³/mol. The van der Waals surface area contributed by atoms with Gasteiger partial charge in [0, 0.05) is 48.1 Å². The number of hydrogen-bond acceptors (Lipinski definition) is 4. The van der Waals surface area contributed by atoms with E-state index < -0.39 is 0 Å². The van der Waals surface area contributed by atoms with Crippen molar-refractivity contribution in [3.8, 4) is 11.5 Å². The van der Waals surface area contributed by atoms with Gasteiger partial charge in [0.15, 0.2) is 0 Å². The zero-order chi connectivity index (χ0) is 36.9. The molecule has 0 N–H and O–H groups in total. The Morgan fingerprint density at radius 1 is 0.407 bits per heavy atom. The van der Waals surface area contributed by atoms with Crippen molar-refractivity contribution in [1.82, 2.24) is 0 Å². The quantitative estimate of drug-likeness (QED) is 0.125. The SMILES string of the molecule is COc1cc([C@H](C)c2ccccc2)c(N2CCN(c3c([C@H](C)c4ccccc4)cc(OC)cc3[C@H](C)c3ccccc3)C2)c([C@H](C)c2ccccc2)c1.Cl. The fourth-order valence-electron chi connectivity index (χ4n) is 8.23. The van der Waals surface area contributed by atoms with E-state index in [2.05, 4.69) is 183 Å². The third-order valence-electron chi connectivity index (χ3n) is 11.4. The Morgan fingerprint density at radius 3 is 0.870 bits per heavy atom.